The van der Waals surface area contributed by atoms with Crippen LogP contribution in [0.15, 0.2) is 16.7 Å². The minimum atomic E-state index is 0.584. The number of aromatic nitrogens is 1. The predicted octanol–water partition coefficient (Wildman–Crippen LogP) is 1.93. The van der Waals surface area contributed by atoms with Crippen LogP contribution in [0.5, 0.6) is 0 Å². The Morgan fingerprint density at radius 3 is 3.00 bits per heavy atom. The molecule has 1 heterocycles. The molecule has 1 aromatic heterocycles. The lowest BCUT2D eigenvalue weighted by Gasteiger charge is -2.08. The molecular formula is C11H18BrN3O. The quantitative estimate of drug-likeness (QED) is 0.753. The summed E-state index contributed by atoms with van der Waals surface area (Å²) in [5, 5.41) is 3.27. The van der Waals surface area contributed by atoms with Gasteiger partial charge in [0.05, 0.1) is 6.61 Å². The molecule has 1 rings (SSSR count). The first-order valence-electron chi connectivity index (χ1n) is 5.38. The lowest BCUT2D eigenvalue weighted by Crippen LogP contribution is -2.12. The molecule has 0 aliphatic carbocycles. The molecule has 5 heteroatoms. The number of aryl methyl sites for hydroxylation is 1. The molecule has 3 N–H and O–H groups in total. The van der Waals surface area contributed by atoms with Gasteiger partial charge >= 0.3 is 0 Å². The van der Waals surface area contributed by atoms with Crippen LogP contribution in [0, 0.1) is 6.92 Å². The number of nitrogens with one attached hydrogen (secondary N) is 1. The number of rotatable bonds is 7. The van der Waals surface area contributed by atoms with Crippen LogP contribution in [-0.2, 0) is 4.74 Å². The number of nitrogens with zero attached hydrogens (tertiary/aromatic N) is 1. The highest BCUT2D eigenvalue weighted by Gasteiger charge is 1.99. The molecule has 0 spiro atoms. The van der Waals surface area contributed by atoms with Crippen LogP contribution >= 0.6 is 15.9 Å². The van der Waals surface area contributed by atoms with Crippen molar-refractivity contribution in [3.05, 3.63) is 22.3 Å². The second-order valence-electron chi connectivity index (χ2n) is 3.50. The Balaban J connectivity index is 2.21. The number of halogens is 1. The van der Waals surface area contributed by atoms with Gasteiger partial charge in [0.2, 0.25) is 0 Å². The molecule has 4 nitrogen and oxygen atoms in total. The zero-order valence-corrected chi connectivity index (χ0v) is 11.1. The van der Waals surface area contributed by atoms with Gasteiger partial charge in [-0.2, -0.15) is 0 Å². The summed E-state index contributed by atoms with van der Waals surface area (Å²) in [6, 6.07) is 2.04. The first-order chi connectivity index (χ1) is 7.74. The van der Waals surface area contributed by atoms with E-state index in [9.17, 15) is 0 Å². The maximum Gasteiger partial charge on any atom is 0.128 e. The van der Waals surface area contributed by atoms with Crippen molar-refractivity contribution in [1.29, 1.82) is 0 Å². The monoisotopic (exact) mass is 287 g/mol. The van der Waals surface area contributed by atoms with Crippen LogP contribution in [0.4, 0.5) is 5.82 Å². The molecule has 0 aromatic carbocycles. The molecule has 0 saturated heterocycles. The van der Waals surface area contributed by atoms with Gasteiger partial charge in [0.15, 0.2) is 0 Å². The average Bonchev–Trinajstić information content (AvgIpc) is 2.26. The van der Waals surface area contributed by atoms with Gasteiger partial charge in [0, 0.05) is 30.4 Å². The zero-order chi connectivity index (χ0) is 11.8. The fraction of sp³-hybridized carbons (Fsp3) is 0.545. The number of nitrogens with two attached hydrogens (primary N) is 1. The van der Waals surface area contributed by atoms with E-state index in [0.29, 0.717) is 13.2 Å². The predicted molar refractivity (Wildman–Crippen MR) is 69.7 cm³/mol. The van der Waals surface area contributed by atoms with Crippen molar-refractivity contribution >= 4 is 21.7 Å². The SMILES string of the molecule is Cc1cc(Br)cnc1NCCCOCCN. The Bertz CT molecular complexity index is 320. The van der Waals surface area contributed by atoms with Crippen LogP contribution in [0.3, 0.4) is 0 Å². The number of hydrogen-bond donors (Lipinski definition) is 2. The molecule has 0 radical (unpaired) electrons. The molecule has 0 bridgehead atoms. The van der Waals surface area contributed by atoms with E-state index in [2.05, 4.69) is 26.2 Å². The molecule has 1 aromatic rings. The summed E-state index contributed by atoms with van der Waals surface area (Å²) in [5.41, 5.74) is 6.45. The van der Waals surface area contributed by atoms with Gasteiger partial charge in [0.1, 0.15) is 5.82 Å². The Kier molecular flexibility index (Phi) is 6.37. The minimum Gasteiger partial charge on any atom is -0.380 e. The van der Waals surface area contributed by atoms with Crippen molar-refractivity contribution in [2.24, 2.45) is 5.73 Å². The summed E-state index contributed by atoms with van der Waals surface area (Å²) in [5.74, 6) is 0.932. The first kappa shape index (κ1) is 13.4. The smallest absolute Gasteiger partial charge is 0.128 e. The highest BCUT2D eigenvalue weighted by molar-refractivity contribution is 9.10. The van der Waals surface area contributed by atoms with Crippen LogP contribution in [0.2, 0.25) is 0 Å². The topological polar surface area (TPSA) is 60.2 Å². The standard InChI is InChI=1S/C11H18BrN3O/c1-9-7-10(12)8-15-11(9)14-4-2-5-16-6-3-13/h7-8H,2-6,13H2,1H3,(H,14,15). The second kappa shape index (κ2) is 7.60. The van der Waals surface area contributed by atoms with Crippen LogP contribution in [0.25, 0.3) is 0 Å². The normalized spacial score (nSPS) is 10.4. The molecular weight excluding hydrogens is 270 g/mol. The number of ether oxygens (including phenoxy) is 1. The second-order valence-corrected chi connectivity index (χ2v) is 4.42. The fourth-order valence-electron chi connectivity index (χ4n) is 1.29. The van der Waals surface area contributed by atoms with Crippen molar-refractivity contribution in [2.75, 3.05) is 31.6 Å². The summed E-state index contributed by atoms with van der Waals surface area (Å²) in [6.07, 6.45) is 2.75. The maximum absolute atomic E-state index is 5.31. The average molecular weight is 288 g/mol. The van der Waals surface area contributed by atoms with Gasteiger partial charge in [-0.25, -0.2) is 4.98 Å². The van der Waals surface area contributed by atoms with E-state index >= 15 is 0 Å². The third kappa shape index (κ3) is 4.92. The largest absolute Gasteiger partial charge is 0.380 e. The molecule has 90 valence electrons. The Morgan fingerprint density at radius 2 is 2.31 bits per heavy atom. The molecule has 0 saturated carbocycles. The van der Waals surface area contributed by atoms with Gasteiger partial charge < -0.3 is 15.8 Å². The fourth-order valence-corrected chi connectivity index (χ4v) is 1.74. The van der Waals surface area contributed by atoms with E-state index in [1.165, 1.54) is 0 Å². The molecule has 0 aliphatic rings. The molecule has 0 atom stereocenters. The van der Waals surface area contributed by atoms with Crippen molar-refractivity contribution in [3.8, 4) is 0 Å². The van der Waals surface area contributed by atoms with E-state index in [-0.39, 0.29) is 0 Å². The van der Waals surface area contributed by atoms with E-state index in [4.69, 9.17) is 10.5 Å². The lowest BCUT2D eigenvalue weighted by molar-refractivity contribution is 0.141. The summed E-state index contributed by atoms with van der Waals surface area (Å²) in [7, 11) is 0. The minimum absolute atomic E-state index is 0.584. The summed E-state index contributed by atoms with van der Waals surface area (Å²) >= 11 is 3.38. The van der Waals surface area contributed by atoms with E-state index in [1.54, 1.807) is 6.20 Å². The van der Waals surface area contributed by atoms with E-state index < -0.39 is 0 Å². The molecule has 0 aliphatic heterocycles. The number of hydrogen-bond acceptors (Lipinski definition) is 4. The van der Waals surface area contributed by atoms with Crippen LogP contribution < -0.4 is 11.1 Å². The number of anilines is 1. The van der Waals surface area contributed by atoms with Crippen molar-refractivity contribution in [3.63, 3.8) is 0 Å². The Labute approximate surface area is 105 Å². The Hall–Kier alpha value is -0.650. The highest BCUT2D eigenvalue weighted by atomic mass is 79.9. The first-order valence-corrected chi connectivity index (χ1v) is 6.17. The third-order valence-corrected chi connectivity index (χ3v) is 2.50. The highest BCUT2D eigenvalue weighted by Crippen LogP contribution is 2.16. The lowest BCUT2D eigenvalue weighted by atomic mass is 10.3. The van der Waals surface area contributed by atoms with E-state index in [1.807, 2.05) is 13.0 Å². The van der Waals surface area contributed by atoms with Crippen molar-refractivity contribution < 1.29 is 4.74 Å². The van der Waals surface area contributed by atoms with Crippen molar-refractivity contribution in [1.82, 2.24) is 4.98 Å². The van der Waals surface area contributed by atoms with Gasteiger partial charge in [0.25, 0.3) is 0 Å². The Morgan fingerprint density at radius 1 is 1.50 bits per heavy atom. The van der Waals surface area contributed by atoms with Crippen LogP contribution in [-0.4, -0.2) is 31.3 Å². The molecule has 0 fully saturated rings. The molecule has 0 unspecified atom stereocenters. The summed E-state index contributed by atoms with van der Waals surface area (Å²) in [6.45, 7) is 4.85. The van der Waals surface area contributed by atoms with Gasteiger partial charge in [-0.3, -0.25) is 0 Å². The summed E-state index contributed by atoms with van der Waals surface area (Å²) in [4.78, 5) is 4.29. The van der Waals surface area contributed by atoms with Gasteiger partial charge in [-0.15, -0.1) is 0 Å². The number of pyridine rings is 1. The summed E-state index contributed by atoms with van der Waals surface area (Å²) < 4.78 is 6.28. The zero-order valence-electron chi connectivity index (χ0n) is 9.50. The molecule has 0 amide bonds. The van der Waals surface area contributed by atoms with Crippen molar-refractivity contribution in [2.45, 2.75) is 13.3 Å². The van der Waals surface area contributed by atoms with Gasteiger partial charge in [-0.1, -0.05) is 0 Å². The van der Waals surface area contributed by atoms with Gasteiger partial charge in [-0.05, 0) is 40.9 Å². The third-order valence-electron chi connectivity index (χ3n) is 2.06. The van der Waals surface area contributed by atoms with Crippen LogP contribution in [0.1, 0.15) is 12.0 Å². The van der Waals surface area contributed by atoms with E-state index in [0.717, 1.165) is 35.4 Å². The molecule has 16 heavy (non-hydrogen) atoms. The maximum atomic E-state index is 5.31.